The number of carbonyl (C=O) groups excluding carboxylic acids is 4. The monoisotopic (exact) mass is 1520 g/mol. The first-order valence-electron chi connectivity index (χ1n) is 40.4. The maximum atomic E-state index is 13.1. The summed E-state index contributed by atoms with van der Waals surface area (Å²) >= 11 is 0. The summed E-state index contributed by atoms with van der Waals surface area (Å²) in [6, 6.07) is 0. The third-order valence-corrected chi connectivity index (χ3v) is 18.1. The second-order valence-corrected chi connectivity index (χ2v) is 29.1. The van der Waals surface area contributed by atoms with Crippen molar-refractivity contribution in [1.29, 1.82) is 0 Å². The van der Waals surface area contributed by atoms with Crippen LogP contribution in [-0.4, -0.2) is 96.7 Å². The van der Waals surface area contributed by atoms with Gasteiger partial charge in [0.25, 0.3) is 0 Å². The number of hydrogen-bond donors (Lipinski definition) is 3. The van der Waals surface area contributed by atoms with E-state index in [0.717, 1.165) is 180 Å². The molecule has 0 aliphatic rings. The van der Waals surface area contributed by atoms with Gasteiger partial charge in [-0.1, -0.05) is 288 Å². The molecule has 106 heavy (non-hydrogen) atoms. The predicted octanol–water partition coefficient (Wildman–Crippen LogP) is 23.8. The Labute approximate surface area is 642 Å². The fourth-order valence-corrected chi connectivity index (χ4v) is 11.7. The van der Waals surface area contributed by atoms with Crippen molar-refractivity contribution in [3.8, 4) is 0 Å². The van der Waals surface area contributed by atoms with Gasteiger partial charge in [-0.05, 0) is 154 Å². The maximum absolute atomic E-state index is 13.1. The zero-order valence-corrected chi connectivity index (χ0v) is 67.6. The van der Waals surface area contributed by atoms with Gasteiger partial charge in [-0.25, -0.2) is 9.13 Å². The summed E-state index contributed by atoms with van der Waals surface area (Å²) < 4.78 is 68.5. The molecule has 602 valence electrons. The van der Waals surface area contributed by atoms with E-state index in [1.54, 1.807) is 12.2 Å². The Balaban J connectivity index is 5.48. The second-order valence-electron chi connectivity index (χ2n) is 26.2. The van der Waals surface area contributed by atoms with Crippen LogP contribution in [-0.2, 0) is 65.4 Å². The van der Waals surface area contributed by atoms with Crippen molar-refractivity contribution >= 4 is 39.5 Å². The molecule has 0 heterocycles. The topological polar surface area (TPSA) is 237 Å². The van der Waals surface area contributed by atoms with Gasteiger partial charge >= 0.3 is 39.5 Å². The first-order valence-corrected chi connectivity index (χ1v) is 43.4. The standard InChI is InChI=1S/C87H142O17P2/c1-5-9-13-17-21-25-29-33-37-39-40-42-46-48-52-56-60-64-68-72-85(90)98-78-83(104-87(92)74-70-66-62-58-54-50-44-36-32-28-24-20-16-12-8-4)80-102-106(95,96)100-76-81(88)75-99-105(93,94)101-79-82(103-86(91)73-69-65-61-57-53-49-43-35-31-27-23-19-15-11-7-3)77-97-84(89)71-67-63-59-55-51-47-45-41-38-34-30-26-22-18-14-10-6-2/h9-11,13-15,21-23,25-27,33-38,40,42-44,48,52-53,57,65,69,81-83,88H,5-8,12,16-20,24,28-32,39,41,45-47,49-51,54-56,58-64,66-68,70-80H2,1-4H3,(H,93,94)(H,95,96)/b13-9-,14-10-,15-11-,25-21-,26-22-,27-23-,37-33-,38-34-,42-40-,43-35-,44-36-,52-48-,57-53-,69-65-. The van der Waals surface area contributed by atoms with Gasteiger partial charge in [0, 0.05) is 19.3 Å². The van der Waals surface area contributed by atoms with Crippen LogP contribution in [0.25, 0.3) is 0 Å². The van der Waals surface area contributed by atoms with Crippen molar-refractivity contribution in [3.05, 3.63) is 170 Å². The lowest BCUT2D eigenvalue weighted by Crippen LogP contribution is -2.30. The van der Waals surface area contributed by atoms with Crippen LogP contribution in [0.1, 0.15) is 297 Å². The molecule has 0 aromatic rings. The highest BCUT2D eigenvalue weighted by Gasteiger charge is 2.30. The Morgan fingerprint density at radius 2 is 0.528 bits per heavy atom. The van der Waals surface area contributed by atoms with Crippen LogP contribution < -0.4 is 0 Å². The van der Waals surface area contributed by atoms with Crippen LogP contribution in [0.3, 0.4) is 0 Å². The molecule has 0 fully saturated rings. The molecule has 0 aliphatic heterocycles. The molecule has 0 radical (unpaired) electrons. The summed E-state index contributed by atoms with van der Waals surface area (Å²) in [6.45, 7) is 4.35. The Kier molecular flexibility index (Phi) is 73.5. The molecule has 0 spiro atoms. The summed E-state index contributed by atoms with van der Waals surface area (Å²) in [5, 5.41) is 10.6. The Bertz CT molecular complexity index is 2680. The Morgan fingerprint density at radius 1 is 0.283 bits per heavy atom. The maximum Gasteiger partial charge on any atom is 0.472 e. The van der Waals surface area contributed by atoms with E-state index in [9.17, 15) is 43.2 Å². The summed E-state index contributed by atoms with van der Waals surface area (Å²) in [5.41, 5.74) is 0. The first-order chi connectivity index (χ1) is 51.7. The van der Waals surface area contributed by atoms with Crippen molar-refractivity contribution in [2.75, 3.05) is 39.6 Å². The van der Waals surface area contributed by atoms with Gasteiger partial charge in [0.05, 0.1) is 32.8 Å². The van der Waals surface area contributed by atoms with E-state index in [1.165, 1.54) is 38.5 Å². The number of phosphoric acid groups is 2. The van der Waals surface area contributed by atoms with Crippen LogP contribution in [0.2, 0.25) is 0 Å². The summed E-state index contributed by atoms with van der Waals surface area (Å²) in [6.07, 6.45) is 92.2. The van der Waals surface area contributed by atoms with E-state index in [2.05, 4.69) is 174 Å². The SMILES string of the molecule is CC/C=C\C/C=C\C/C=C\C/C=C\C/C=C\CCCCCC(=O)OCC(COP(=O)(O)OCC(O)COP(=O)(O)OCC(COC(=O)CCCCCCCCC/C=C\C/C=C\C/C=C\CC)OC(=O)C/C=C\C/C=C\C/C=C\C/C=C\C/C=C\CC)OC(=O)CCCCCCC/C=C\CCCCCCCC. The summed E-state index contributed by atoms with van der Waals surface area (Å²) in [5.74, 6) is -2.39. The molecule has 0 saturated heterocycles. The first kappa shape index (κ1) is 100. The zero-order chi connectivity index (χ0) is 77.4. The number of phosphoric ester groups is 2. The molecule has 0 rings (SSSR count). The molecule has 5 unspecified atom stereocenters. The van der Waals surface area contributed by atoms with Crippen LogP contribution >= 0.6 is 15.6 Å². The average Bonchev–Trinajstić information content (AvgIpc) is 0.909. The van der Waals surface area contributed by atoms with Gasteiger partial charge in [0.2, 0.25) is 0 Å². The third-order valence-electron chi connectivity index (χ3n) is 16.2. The van der Waals surface area contributed by atoms with Crippen molar-refractivity contribution < 1.29 is 80.2 Å². The van der Waals surface area contributed by atoms with Crippen LogP contribution in [0.5, 0.6) is 0 Å². The molecule has 5 atom stereocenters. The highest BCUT2D eigenvalue weighted by atomic mass is 31.2. The quantitative estimate of drug-likeness (QED) is 0.0169. The highest BCUT2D eigenvalue weighted by Crippen LogP contribution is 2.45. The molecule has 17 nitrogen and oxygen atoms in total. The smallest absolute Gasteiger partial charge is 0.462 e. The second kappa shape index (κ2) is 77.6. The highest BCUT2D eigenvalue weighted by molar-refractivity contribution is 7.47. The van der Waals surface area contributed by atoms with E-state index < -0.39 is 97.5 Å². The number of carbonyl (C=O) groups is 4. The zero-order valence-electron chi connectivity index (χ0n) is 65.8. The molecule has 0 saturated carbocycles. The van der Waals surface area contributed by atoms with Gasteiger partial charge in [0.1, 0.15) is 19.3 Å². The van der Waals surface area contributed by atoms with Crippen LogP contribution in [0.15, 0.2) is 170 Å². The number of esters is 4. The number of ether oxygens (including phenoxy) is 4. The third kappa shape index (κ3) is 76.6. The fraction of sp³-hybridized carbons (Fsp3) is 0.632. The lowest BCUT2D eigenvalue weighted by molar-refractivity contribution is -0.161. The number of rotatable bonds is 74. The van der Waals surface area contributed by atoms with E-state index in [4.69, 9.17) is 37.0 Å². The largest absolute Gasteiger partial charge is 0.472 e. The average molecular weight is 1520 g/mol. The van der Waals surface area contributed by atoms with Crippen LogP contribution in [0.4, 0.5) is 0 Å². The predicted molar refractivity (Wildman–Crippen MR) is 436 cm³/mol. The number of hydrogen-bond acceptors (Lipinski definition) is 15. The minimum absolute atomic E-state index is 0.0696. The van der Waals surface area contributed by atoms with Gasteiger partial charge in [-0.2, -0.15) is 0 Å². The molecule has 0 amide bonds. The van der Waals surface area contributed by atoms with Crippen LogP contribution in [0, 0.1) is 0 Å². The molecule has 0 bridgehead atoms. The van der Waals surface area contributed by atoms with Gasteiger partial charge < -0.3 is 33.8 Å². The number of aliphatic hydroxyl groups excluding tert-OH is 1. The lowest BCUT2D eigenvalue weighted by Gasteiger charge is -2.21. The lowest BCUT2D eigenvalue weighted by atomic mass is 10.1. The van der Waals surface area contributed by atoms with E-state index >= 15 is 0 Å². The molecular formula is C87H142O17P2. The summed E-state index contributed by atoms with van der Waals surface area (Å²) in [7, 11) is -10.0. The van der Waals surface area contributed by atoms with Crippen molar-refractivity contribution in [1.82, 2.24) is 0 Å². The normalized spacial score (nSPS) is 14.7. The molecule has 19 heteroatoms. The minimum Gasteiger partial charge on any atom is -0.462 e. The fourth-order valence-electron chi connectivity index (χ4n) is 10.2. The number of unbranched alkanes of at least 4 members (excludes halogenated alkanes) is 21. The van der Waals surface area contributed by atoms with Gasteiger partial charge in [-0.3, -0.25) is 37.3 Å². The Hall–Kier alpha value is -5.58. The molecule has 3 N–H and O–H groups in total. The number of allylic oxidation sites excluding steroid dienone is 27. The van der Waals surface area contributed by atoms with Crippen molar-refractivity contribution in [2.24, 2.45) is 0 Å². The number of aliphatic hydroxyl groups is 1. The van der Waals surface area contributed by atoms with E-state index in [1.807, 2.05) is 12.2 Å². The minimum atomic E-state index is -5.01. The van der Waals surface area contributed by atoms with Crippen molar-refractivity contribution in [2.45, 2.75) is 316 Å². The Morgan fingerprint density at radius 3 is 0.858 bits per heavy atom. The molecule has 0 aromatic carbocycles. The molecule has 0 aromatic heterocycles. The van der Waals surface area contributed by atoms with Gasteiger partial charge in [-0.15, -0.1) is 0 Å². The van der Waals surface area contributed by atoms with E-state index in [-0.39, 0.29) is 25.7 Å². The summed E-state index contributed by atoms with van der Waals surface area (Å²) in [4.78, 5) is 73.0. The molecular weight excluding hydrogens is 1380 g/mol. The van der Waals surface area contributed by atoms with Crippen molar-refractivity contribution in [3.63, 3.8) is 0 Å². The van der Waals surface area contributed by atoms with E-state index in [0.29, 0.717) is 25.7 Å². The molecule has 0 aliphatic carbocycles. The van der Waals surface area contributed by atoms with Gasteiger partial charge in [0.15, 0.2) is 12.2 Å².